The van der Waals surface area contributed by atoms with Crippen molar-refractivity contribution >= 4 is 5.91 Å². The standard InChI is InChI=1S/C19H27NO3/c1-16-18(11-8-14-23-16)19(21)20(12-6-7-13-22-2)15-17-9-4-3-5-10-17/h3-5,9-10H,6-8,11-15H2,1-2H3. The van der Waals surface area contributed by atoms with Gasteiger partial charge in [-0.3, -0.25) is 4.79 Å². The molecule has 0 radical (unpaired) electrons. The fourth-order valence-corrected chi connectivity index (χ4v) is 2.79. The molecule has 0 N–H and O–H groups in total. The lowest BCUT2D eigenvalue weighted by molar-refractivity contribution is -0.128. The SMILES string of the molecule is COCCCCN(Cc1ccccc1)C(=O)C1=C(C)OCCC1. The number of rotatable bonds is 8. The zero-order valence-electron chi connectivity index (χ0n) is 14.2. The van der Waals surface area contributed by atoms with E-state index in [1.165, 1.54) is 0 Å². The predicted molar refractivity (Wildman–Crippen MR) is 90.9 cm³/mol. The Morgan fingerprint density at radius 3 is 2.74 bits per heavy atom. The van der Waals surface area contributed by atoms with Crippen molar-refractivity contribution in [1.82, 2.24) is 4.90 Å². The van der Waals surface area contributed by atoms with E-state index in [1.54, 1.807) is 7.11 Å². The fraction of sp³-hybridized carbons (Fsp3) is 0.526. The van der Waals surface area contributed by atoms with E-state index >= 15 is 0 Å². The molecule has 1 aromatic carbocycles. The Labute approximate surface area is 139 Å². The summed E-state index contributed by atoms with van der Waals surface area (Å²) >= 11 is 0. The maximum absolute atomic E-state index is 12.9. The molecule has 1 heterocycles. The Morgan fingerprint density at radius 2 is 2.04 bits per heavy atom. The minimum atomic E-state index is 0.114. The van der Waals surface area contributed by atoms with Gasteiger partial charge in [0.1, 0.15) is 5.76 Å². The number of unbranched alkanes of at least 4 members (excludes halogenated alkanes) is 1. The van der Waals surface area contributed by atoms with Crippen LogP contribution in [0.15, 0.2) is 41.7 Å². The van der Waals surface area contributed by atoms with Crippen LogP contribution in [-0.2, 0) is 20.8 Å². The first kappa shape index (κ1) is 17.5. The minimum Gasteiger partial charge on any atom is -0.498 e. The van der Waals surface area contributed by atoms with Crippen LogP contribution in [0, 0.1) is 0 Å². The molecule has 1 amide bonds. The molecule has 0 atom stereocenters. The summed E-state index contributed by atoms with van der Waals surface area (Å²) in [5.74, 6) is 0.902. The highest BCUT2D eigenvalue weighted by molar-refractivity contribution is 5.94. The van der Waals surface area contributed by atoms with E-state index in [0.29, 0.717) is 6.54 Å². The van der Waals surface area contributed by atoms with Crippen molar-refractivity contribution in [3.8, 4) is 0 Å². The van der Waals surface area contributed by atoms with Crippen LogP contribution in [0.3, 0.4) is 0 Å². The van der Waals surface area contributed by atoms with Gasteiger partial charge in [0, 0.05) is 26.8 Å². The second kappa shape index (κ2) is 9.36. The molecule has 0 aliphatic carbocycles. The number of ether oxygens (including phenoxy) is 2. The van der Waals surface area contributed by atoms with Crippen molar-refractivity contribution in [2.45, 2.75) is 39.2 Å². The van der Waals surface area contributed by atoms with E-state index in [1.807, 2.05) is 30.0 Å². The number of carbonyl (C=O) groups excluding carboxylic acids is 1. The van der Waals surface area contributed by atoms with E-state index < -0.39 is 0 Å². The summed E-state index contributed by atoms with van der Waals surface area (Å²) in [6, 6.07) is 10.1. The summed E-state index contributed by atoms with van der Waals surface area (Å²) in [7, 11) is 1.71. The van der Waals surface area contributed by atoms with Crippen LogP contribution in [0.2, 0.25) is 0 Å². The van der Waals surface area contributed by atoms with Crippen molar-refractivity contribution in [1.29, 1.82) is 0 Å². The smallest absolute Gasteiger partial charge is 0.253 e. The van der Waals surface area contributed by atoms with Crippen molar-refractivity contribution in [2.24, 2.45) is 0 Å². The molecule has 4 nitrogen and oxygen atoms in total. The first-order valence-electron chi connectivity index (χ1n) is 8.37. The van der Waals surface area contributed by atoms with Crippen LogP contribution in [0.25, 0.3) is 0 Å². The fourth-order valence-electron chi connectivity index (χ4n) is 2.79. The average molecular weight is 317 g/mol. The summed E-state index contributed by atoms with van der Waals surface area (Å²) in [5, 5.41) is 0. The topological polar surface area (TPSA) is 38.8 Å². The third-order valence-corrected chi connectivity index (χ3v) is 4.10. The largest absolute Gasteiger partial charge is 0.498 e. The first-order valence-corrected chi connectivity index (χ1v) is 8.37. The van der Waals surface area contributed by atoms with Crippen molar-refractivity contribution in [3.05, 3.63) is 47.2 Å². The van der Waals surface area contributed by atoms with E-state index in [9.17, 15) is 4.79 Å². The van der Waals surface area contributed by atoms with Gasteiger partial charge in [0.15, 0.2) is 0 Å². The van der Waals surface area contributed by atoms with Gasteiger partial charge in [-0.05, 0) is 38.2 Å². The number of hydrogen-bond donors (Lipinski definition) is 0. The van der Waals surface area contributed by atoms with Crippen LogP contribution in [0.5, 0.6) is 0 Å². The van der Waals surface area contributed by atoms with E-state index in [2.05, 4.69) is 12.1 Å². The lowest BCUT2D eigenvalue weighted by Crippen LogP contribution is -2.34. The third kappa shape index (κ3) is 5.39. The average Bonchev–Trinajstić information content (AvgIpc) is 2.58. The molecule has 1 aromatic rings. The van der Waals surface area contributed by atoms with Crippen LogP contribution < -0.4 is 0 Å². The molecule has 0 saturated carbocycles. The van der Waals surface area contributed by atoms with Crippen molar-refractivity contribution < 1.29 is 14.3 Å². The molecule has 1 aliphatic heterocycles. The maximum atomic E-state index is 12.9. The molecule has 0 unspecified atom stereocenters. The molecule has 4 heteroatoms. The van der Waals surface area contributed by atoms with Crippen LogP contribution in [0.1, 0.15) is 38.2 Å². The van der Waals surface area contributed by atoms with Gasteiger partial charge in [0.25, 0.3) is 5.91 Å². The number of methoxy groups -OCH3 is 1. The lowest BCUT2D eigenvalue weighted by Gasteiger charge is -2.27. The summed E-state index contributed by atoms with van der Waals surface area (Å²) in [6.45, 7) is 4.74. The molecular formula is C19H27NO3. The van der Waals surface area contributed by atoms with Gasteiger partial charge in [0.05, 0.1) is 12.2 Å². The molecular weight excluding hydrogens is 290 g/mol. The van der Waals surface area contributed by atoms with E-state index in [0.717, 1.165) is 62.3 Å². The van der Waals surface area contributed by atoms with Crippen LogP contribution in [-0.4, -0.2) is 37.7 Å². The number of nitrogens with zero attached hydrogens (tertiary/aromatic N) is 1. The Kier molecular flexibility index (Phi) is 7.14. The Bertz CT molecular complexity index is 525. The summed E-state index contributed by atoms with van der Waals surface area (Å²) in [6.07, 6.45) is 3.64. The molecule has 0 aromatic heterocycles. The zero-order chi connectivity index (χ0) is 16.5. The number of benzene rings is 1. The monoisotopic (exact) mass is 317 g/mol. The predicted octanol–water partition coefficient (Wildman–Crippen LogP) is 3.53. The van der Waals surface area contributed by atoms with Crippen LogP contribution in [0.4, 0.5) is 0 Å². The van der Waals surface area contributed by atoms with Crippen LogP contribution >= 0.6 is 0 Å². The van der Waals surface area contributed by atoms with Gasteiger partial charge >= 0.3 is 0 Å². The molecule has 0 saturated heterocycles. The van der Waals surface area contributed by atoms with Gasteiger partial charge in [-0.15, -0.1) is 0 Å². The highest BCUT2D eigenvalue weighted by Gasteiger charge is 2.23. The van der Waals surface area contributed by atoms with E-state index in [-0.39, 0.29) is 5.91 Å². The summed E-state index contributed by atoms with van der Waals surface area (Å²) in [5.41, 5.74) is 1.99. The highest BCUT2D eigenvalue weighted by atomic mass is 16.5. The van der Waals surface area contributed by atoms with Gasteiger partial charge in [-0.25, -0.2) is 0 Å². The molecule has 23 heavy (non-hydrogen) atoms. The molecule has 126 valence electrons. The third-order valence-electron chi connectivity index (χ3n) is 4.10. The highest BCUT2D eigenvalue weighted by Crippen LogP contribution is 2.22. The second-order valence-electron chi connectivity index (χ2n) is 5.90. The Hall–Kier alpha value is -1.81. The zero-order valence-corrected chi connectivity index (χ0v) is 14.2. The maximum Gasteiger partial charge on any atom is 0.253 e. The molecule has 0 fully saturated rings. The number of hydrogen-bond acceptors (Lipinski definition) is 3. The number of amides is 1. The molecule has 1 aliphatic rings. The van der Waals surface area contributed by atoms with Crippen molar-refractivity contribution in [2.75, 3.05) is 26.9 Å². The first-order chi connectivity index (χ1) is 11.2. The Morgan fingerprint density at radius 1 is 1.26 bits per heavy atom. The molecule has 0 spiro atoms. The van der Waals surface area contributed by atoms with Crippen molar-refractivity contribution in [3.63, 3.8) is 0 Å². The molecule has 2 rings (SSSR count). The quantitative estimate of drug-likeness (QED) is 0.689. The normalized spacial score (nSPS) is 14.5. The van der Waals surface area contributed by atoms with Gasteiger partial charge in [-0.1, -0.05) is 30.3 Å². The number of allylic oxidation sites excluding steroid dienone is 1. The Balaban J connectivity index is 2.06. The van der Waals surface area contributed by atoms with Gasteiger partial charge in [0.2, 0.25) is 0 Å². The van der Waals surface area contributed by atoms with E-state index in [4.69, 9.17) is 9.47 Å². The lowest BCUT2D eigenvalue weighted by atomic mass is 10.0. The van der Waals surface area contributed by atoms with Gasteiger partial charge < -0.3 is 14.4 Å². The second-order valence-corrected chi connectivity index (χ2v) is 5.90. The summed E-state index contributed by atoms with van der Waals surface area (Å²) in [4.78, 5) is 14.9. The van der Waals surface area contributed by atoms with Gasteiger partial charge in [-0.2, -0.15) is 0 Å². The minimum absolute atomic E-state index is 0.114. The molecule has 0 bridgehead atoms. The summed E-state index contributed by atoms with van der Waals surface area (Å²) < 4.78 is 10.7. The number of carbonyl (C=O) groups is 1.